The van der Waals surface area contributed by atoms with Crippen molar-refractivity contribution in [1.82, 2.24) is 0 Å². The Balaban J connectivity index is 0. The minimum atomic E-state index is -1.94. The van der Waals surface area contributed by atoms with E-state index in [4.69, 9.17) is 0 Å². The number of carbonyl (C=O) groups is 3. The summed E-state index contributed by atoms with van der Waals surface area (Å²) in [4.78, 5) is 29.8. The fourth-order valence-electron chi connectivity index (χ4n) is 0.332. The molecular formula is C5H5KO5. The van der Waals surface area contributed by atoms with Gasteiger partial charge in [-0.3, -0.25) is 9.59 Å². The van der Waals surface area contributed by atoms with Crippen LogP contribution in [0.25, 0.3) is 0 Å². The van der Waals surface area contributed by atoms with Crippen LogP contribution in [0.5, 0.6) is 0 Å². The molecule has 5 nitrogen and oxygen atoms in total. The molecule has 0 rings (SSSR count). The van der Waals surface area contributed by atoms with Crippen LogP contribution in [0.2, 0.25) is 0 Å². The number of esters is 1. The molecule has 0 aliphatic rings. The molecule has 0 heterocycles. The van der Waals surface area contributed by atoms with Gasteiger partial charge in [0.2, 0.25) is 5.97 Å². The molecule has 0 saturated carbocycles. The Labute approximate surface area is 106 Å². The molecular weight excluding hydrogens is 179 g/mol. The average Bonchev–Trinajstić information content (AvgIpc) is 1.58. The molecule has 0 aromatic carbocycles. The van der Waals surface area contributed by atoms with Gasteiger partial charge in [0.05, 0.1) is 6.42 Å². The van der Waals surface area contributed by atoms with E-state index in [1.54, 1.807) is 0 Å². The molecule has 0 fully saturated rings. The van der Waals surface area contributed by atoms with Gasteiger partial charge in [0.15, 0.2) is 0 Å². The Morgan fingerprint density at radius 1 is 1.36 bits per heavy atom. The predicted molar refractivity (Wildman–Crippen MR) is 26.8 cm³/mol. The Morgan fingerprint density at radius 3 is 2.09 bits per heavy atom. The van der Waals surface area contributed by atoms with Crippen molar-refractivity contribution < 1.29 is 75.6 Å². The first-order valence-corrected chi connectivity index (χ1v) is 2.43. The molecule has 0 bridgehead atoms. The second kappa shape index (κ2) is 6.93. The van der Waals surface area contributed by atoms with Gasteiger partial charge in [-0.05, 0) is 6.92 Å². The molecule has 0 unspecified atom stereocenters. The van der Waals surface area contributed by atoms with Crippen molar-refractivity contribution in [3.8, 4) is 0 Å². The third kappa shape index (κ3) is 10.2. The topological polar surface area (TPSA) is 83.5 Å². The van der Waals surface area contributed by atoms with Gasteiger partial charge in [0.25, 0.3) is 6.16 Å². The zero-order valence-corrected chi connectivity index (χ0v) is 9.37. The van der Waals surface area contributed by atoms with E-state index in [1.165, 1.54) is 0 Å². The number of carbonyl (C=O) groups excluding carboxylic acids is 3. The summed E-state index contributed by atoms with van der Waals surface area (Å²) in [5.41, 5.74) is 0. The van der Waals surface area contributed by atoms with Gasteiger partial charge in [-0.2, -0.15) is 0 Å². The van der Waals surface area contributed by atoms with Gasteiger partial charge >= 0.3 is 51.4 Å². The van der Waals surface area contributed by atoms with Crippen LogP contribution in [0.3, 0.4) is 0 Å². The zero-order chi connectivity index (χ0) is 8.15. The van der Waals surface area contributed by atoms with Crippen LogP contribution in [0.1, 0.15) is 13.3 Å². The number of carboxylic acid groups (broad SMARTS) is 1. The molecule has 0 aromatic rings. The minimum absolute atomic E-state index is 0. The molecule has 0 aliphatic carbocycles. The average molecular weight is 184 g/mol. The quantitative estimate of drug-likeness (QED) is 0.247. The zero-order valence-electron chi connectivity index (χ0n) is 6.25. The second-order valence-electron chi connectivity index (χ2n) is 1.60. The van der Waals surface area contributed by atoms with Crippen LogP contribution < -0.4 is 56.5 Å². The van der Waals surface area contributed by atoms with Crippen molar-refractivity contribution in [3.05, 3.63) is 0 Å². The molecule has 0 radical (unpaired) electrons. The number of rotatable bonds is 2. The molecule has 6 heteroatoms. The molecule has 11 heavy (non-hydrogen) atoms. The summed E-state index contributed by atoms with van der Waals surface area (Å²) in [6.07, 6.45) is -2.47. The van der Waals surface area contributed by atoms with Crippen molar-refractivity contribution in [3.63, 3.8) is 0 Å². The fourth-order valence-corrected chi connectivity index (χ4v) is 0.332. The van der Waals surface area contributed by atoms with Crippen molar-refractivity contribution in [2.24, 2.45) is 0 Å². The standard InChI is InChI=1S/C5H6O5.K/c1-3(6)2-4(7)10-5(8)9;/h2H2,1H3,(H,8,9);/q;+1/p-1. The Bertz CT molecular complexity index is 158. The fraction of sp³-hybridized carbons (Fsp3) is 0.400. The number of Topliss-reactive ketones (excluding diaryl/α,β-unsaturated/α-hetero) is 1. The van der Waals surface area contributed by atoms with E-state index in [1.807, 2.05) is 0 Å². The summed E-state index contributed by atoms with van der Waals surface area (Å²) < 4.78 is 3.51. The van der Waals surface area contributed by atoms with E-state index in [2.05, 4.69) is 4.74 Å². The largest absolute Gasteiger partial charge is 1.00 e. The van der Waals surface area contributed by atoms with Crippen molar-refractivity contribution in [1.29, 1.82) is 0 Å². The number of ketones is 1. The molecule has 0 spiro atoms. The summed E-state index contributed by atoms with van der Waals surface area (Å²) in [6.45, 7) is 1.15. The Hall–Kier alpha value is 0.246. The monoisotopic (exact) mass is 184 g/mol. The van der Waals surface area contributed by atoms with Gasteiger partial charge in [-0.15, -0.1) is 0 Å². The van der Waals surface area contributed by atoms with Gasteiger partial charge < -0.3 is 14.6 Å². The smallest absolute Gasteiger partial charge is 0.484 e. The van der Waals surface area contributed by atoms with Crippen LogP contribution in [0.15, 0.2) is 0 Å². The normalized spacial score (nSPS) is 7.73. The Kier molecular flexibility index (Phi) is 8.70. The van der Waals surface area contributed by atoms with E-state index in [-0.39, 0.29) is 51.4 Å². The van der Waals surface area contributed by atoms with Gasteiger partial charge in [-0.25, -0.2) is 0 Å². The maximum Gasteiger partial charge on any atom is 1.00 e. The van der Waals surface area contributed by atoms with E-state index in [0.29, 0.717) is 0 Å². The molecule has 0 N–H and O–H groups in total. The predicted octanol–water partition coefficient (Wildman–Crippen LogP) is -4.14. The summed E-state index contributed by atoms with van der Waals surface area (Å²) in [5.74, 6) is -1.56. The third-order valence-electron chi connectivity index (χ3n) is 0.590. The van der Waals surface area contributed by atoms with E-state index in [9.17, 15) is 19.5 Å². The maximum absolute atomic E-state index is 10.2. The van der Waals surface area contributed by atoms with Crippen LogP contribution >= 0.6 is 0 Å². The van der Waals surface area contributed by atoms with E-state index < -0.39 is 24.3 Å². The van der Waals surface area contributed by atoms with Crippen LogP contribution in [-0.2, 0) is 14.3 Å². The summed E-state index contributed by atoms with van der Waals surface area (Å²) in [6, 6.07) is 0. The first-order valence-electron chi connectivity index (χ1n) is 2.43. The molecule has 0 atom stereocenters. The molecule has 0 aliphatic heterocycles. The molecule has 0 saturated heterocycles. The minimum Gasteiger partial charge on any atom is -0.484 e. The summed E-state index contributed by atoms with van der Waals surface area (Å²) in [7, 11) is 0. The van der Waals surface area contributed by atoms with Crippen LogP contribution in [0.4, 0.5) is 4.79 Å². The molecule has 56 valence electrons. The maximum atomic E-state index is 10.2. The van der Waals surface area contributed by atoms with Crippen LogP contribution in [-0.4, -0.2) is 17.9 Å². The van der Waals surface area contributed by atoms with Crippen molar-refractivity contribution in [2.45, 2.75) is 13.3 Å². The third-order valence-corrected chi connectivity index (χ3v) is 0.590. The number of ether oxygens (including phenoxy) is 1. The summed E-state index contributed by atoms with van der Waals surface area (Å²) in [5, 5.41) is 9.53. The summed E-state index contributed by atoms with van der Waals surface area (Å²) >= 11 is 0. The Morgan fingerprint density at radius 2 is 1.82 bits per heavy atom. The van der Waals surface area contributed by atoms with Gasteiger partial charge in [0.1, 0.15) is 5.78 Å². The first kappa shape index (κ1) is 13.8. The number of hydrogen-bond acceptors (Lipinski definition) is 5. The van der Waals surface area contributed by atoms with Crippen molar-refractivity contribution >= 4 is 17.9 Å². The van der Waals surface area contributed by atoms with Crippen LogP contribution in [0, 0.1) is 0 Å². The van der Waals surface area contributed by atoms with Gasteiger partial charge in [0, 0.05) is 0 Å². The molecule has 0 aromatic heterocycles. The second-order valence-corrected chi connectivity index (χ2v) is 1.60. The number of hydrogen-bond donors (Lipinski definition) is 0. The first-order chi connectivity index (χ1) is 4.52. The van der Waals surface area contributed by atoms with Crippen molar-refractivity contribution in [2.75, 3.05) is 0 Å². The van der Waals surface area contributed by atoms with Gasteiger partial charge in [-0.1, -0.05) is 0 Å². The van der Waals surface area contributed by atoms with E-state index in [0.717, 1.165) is 6.92 Å². The SMILES string of the molecule is CC(=O)CC(=O)OC(=O)[O-].[K+]. The molecule has 0 amide bonds. The van der Waals surface area contributed by atoms with E-state index >= 15 is 0 Å².